The van der Waals surface area contributed by atoms with E-state index in [0.717, 1.165) is 28.9 Å². The topological polar surface area (TPSA) is 66.5 Å². The normalized spacial score (nSPS) is 11.1. The number of aromatic nitrogens is 1. The van der Waals surface area contributed by atoms with E-state index in [-0.39, 0.29) is 6.03 Å². The molecule has 0 fully saturated rings. The zero-order valence-electron chi connectivity index (χ0n) is 13.2. The van der Waals surface area contributed by atoms with Gasteiger partial charge in [-0.15, -0.1) is 0 Å². The van der Waals surface area contributed by atoms with Crippen LogP contribution in [0.3, 0.4) is 0 Å². The molecule has 0 radical (unpaired) electrons. The van der Waals surface area contributed by atoms with Gasteiger partial charge in [-0.3, -0.25) is 5.32 Å². The number of rotatable bonds is 7. The van der Waals surface area contributed by atoms with Crippen molar-refractivity contribution >= 4 is 32.7 Å². The lowest BCUT2D eigenvalue weighted by Gasteiger charge is -2.13. The summed E-state index contributed by atoms with van der Waals surface area (Å²) in [6.07, 6.45) is 0. The number of thiazole rings is 1. The lowest BCUT2D eigenvalue weighted by Crippen LogP contribution is -2.35. The van der Waals surface area contributed by atoms with Crippen LogP contribution in [0.2, 0.25) is 0 Å². The molecule has 2 aromatic rings. The molecule has 1 aromatic carbocycles. The maximum absolute atomic E-state index is 11.9. The average Bonchev–Trinajstić information content (AvgIpc) is 2.90. The van der Waals surface area contributed by atoms with Gasteiger partial charge >= 0.3 is 6.03 Å². The molecule has 0 saturated carbocycles. The molecule has 1 heterocycles. The molecule has 7 heteroatoms. The van der Waals surface area contributed by atoms with Crippen LogP contribution in [0.15, 0.2) is 18.2 Å². The molecule has 0 aliphatic rings. The van der Waals surface area contributed by atoms with Crippen molar-refractivity contribution in [3.8, 4) is 0 Å². The Morgan fingerprint density at radius 3 is 3.00 bits per heavy atom. The van der Waals surface area contributed by atoms with E-state index in [1.807, 2.05) is 25.2 Å². The summed E-state index contributed by atoms with van der Waals surface area (Å²) >= 11 is 1.46. The first kappa shape index (κ1) is 16.7. The molecule has 2 N–H and O–H groups in total. The van der Waals surface area contributed by atoms with Gasteiger partial charge in [0.25, 0.3) is 0 Å². The Balaban J connectivity index is 1.96. The summed E-state index contributed by atoms with van der Waals surface area (Å²) in [5.74, 6) is 0. The number of hydrogen-bond donors (Lipinski definition) is 2. The highest BCUT2D eigenvalue weighted by atomic mass is 32.1. The summed E-state index contributed by atoms with van der Waals surface area (Å²) in [6.45, 7) is 4.98. The van der Waals surface area contributed by atoms with Gasteiger partial charge in [0, 0.05) is 25.8 Å². The third kappa shape index (κ3) is 4.40. The van der Waals surface area contributed by atoms with Crippen LogP contribution in [-0.4, -0.2) is 49.7 Å². The van der Waals surface area contributed by atoms with Crippen molar-refractivity contribution in [2.45, 2.75) is 13.5 Å². The molecule has 120 valence electrons. The van der Waals surface area contributed by atoms with E-state index in [4.69, 9.17) is 4.74 Å². The maximum Gasteiger partial charge on any atom is 0.321 e. The zero-order valence-corrected chi connectivity index (χ0v) is 14.0. The number of urea groups is 1. The maximum atomic E-state index is 11.9. The minimum absolute atomic E-state index is 0.225. The van der Waals surface area contributed by atoms with Crippen molar-refractivity contribution in [2.24, 2.45) is 0 Å². The van der Waals surface area contributed by atoms with Crippen LogP contribution in [0.5, 0.6) is 0 Å². The number of nitrogens with one attached hydrogen (secondary N) is 2. The van der Waals surface area contributed by atoms with E-state index >= 15 is 0 Å². The molecule has 6 nitrogen and oxygen atoms in total. The molecule has 0 bridgehead atoms. The number of carbonyl (C=O) groups is 1. The Hall–Kier alpha value is -1.70. The van der Waals surface area contributed by atoms with Crippen LogP contribution < -0.4 is 10.6 Å². The molecule has 0 saturated heterocycles. The summed E-state index contributed by atoms with van der Waals surface area (Å²) < 4.78 is 6.21. The highest BCUT2D eigenvalue weighted by molar-refractivity contribution is 7.22. The second-order valence-electron chi connectivity index (χ2n) is 4.99. The van der Waals surface area contributed by atoms with Gasteiger partial charge in [0.1, 0.15) is 0 Å². The number of carbonyl (C=O) groups excluding carboxylic acids is 1. The summed E-state index contributed by atoms with van der Waals surface area (Å²) in [4.78, 5) is 18.5. The highest BCUT2D eigenvalue weighted by Gasteiger charge is 2.10. The Kier molecular flexibility index (Phi) is 6.11. The number of hydrogen-bond acceptors (Lipinski definition) is 5. The van der Waals surface area contributed by atoms with E-state index < -0.39 is 0 Å². The van der Waals surface area contributed by atoms with Crippen LogP contribution in [-0.2, 0) is 11.3 Å². The number of methoxy groups -OCH3 is 1. The van der Waals surface area contributed by atoms with Crippen LogP contribution in [0.4, 0.5) is 9.93 Å². The van der Waals surface area contributed by atoms with Crippen molar-refractivity contribution in [3.05, 3.63) is 23.8 Å². The first-order chi connectivity index (χ1) is 10.6. The van der Waals surface area contributed by atoms with Crippen molar-refractivity contribution in [2.75, 3.05) is 39.1 Å². The zero-order chi connectivity index (χ0) is 15.9. The minimum atomic E-state index is -0.225. The van der Waals surface area contributed by atoms with Crippen LogP contribution in [0.1, 0.15) is 12.5 Å². The predicted octanol–water partition coefficient (Wildman–Crippen LogP) is 2.52. The smallest absolute Gasteiger partial charge is 0.321 e. The van der Waals surface area contributed by atoms with Gasteiger partial charge in [-0.05, 0) is 19.7 Å². The first-order valence-electron chi connectivity index (χ1n) is 7.24. The summed E-state index contributed by atoms with van der Waals surface area (Å²) in [5, 5.41) is 6.22. The fraction of sp³-hybridized carbons (Fsp3) is 0.467. The standard InChI is InChI=1S/C15H22N4O2S/c1-4-19(2)9-8-16-14(20)18-15-17-13-11(10-21-3)6-5-7-12(13)22-15/h5-7H,4,8-10H2,1-3H3,(H2,16,17,18,20). The molecule has 1 aromatic heterocycles. The molecule has 0 aliphatic heterocycles. The number of fused-ring (bicyclic) bond motifs is 1. The third-order valence-electron chi connectivity index (χ3n) is 3.34. The van der Waals surface area contributed by atoms with Gasteiger partial charge in [0.15, 0.2) is 5.13 Å². The van der Waals surface area contributed by atoms with Gasteiger partial charge < -0.3 is 15.0 Å². The second-order valence-corrected chi connectivity index (χ2v) is 6.02. The van der Waals surface area contributed by atoms with E-state index in [0.29, 0.717) is 18.3 Å². The Morgan fingerprint density at radius 2 is 2.27 bits per heavy atom. The fourth-order valence-electron chi connectivity index (χ4n) is 1.99. The van der Waals surface area contributed by atoms with E-state index in [2.05, 4.69) is 27.4 Å². The van der Waals surface area contributed by atoms with Gasteiger partial charge in [-0.25, -0.2) is 9.78 Å². The molecule has 0 spiro atoms. The summed E-state index contributed by atoms with van der Waals surface area (Å²) in [5.41, 5.74) is 1.91. The number of likely N-dealkylation sites (N-methyl/N-ethyl adjacent to an activating group) is 1. The Labute approximate surface area is 134 Å². The molecular weight excluding hydrogens is 300 g/mol. The van der Waals surface area contributed by atoms with Crippen LogP contribution >= 0.6 is 11.3 Å². The molecule has 2 amide bonds. The predicted molar refractivity (Wildman–Crippen MR) is 90.5 cm³/mol. The van der Waals surface area contributed by atoms with E-state index in [1.165, 1.54) is 11.3 Å². The van der Waals surface area contributed by atoms with Gasteiger partial charge in [-0.2, -0.15) is 0 Å². The number of anilines is 1. The number of para-hydroxylation sites is 1. The molecule has 2 rings (SSSR count). The number of ether oxygens (including phenoxy) is 1. The van der Waals surface area contributed by atoms with Crippen LogP contribution in [0.25, 0.3) is 10.2 Å². The minimum Gasteiger partial charge on any atom is -0.380 e. The van der Waals surface area contributed by atoms with Crippen molar-refractivity contribution in [3.63, 3.8) is 0 Å². The molecule has 0 atom stereocenters. The van der Waals surface area contributed by atoms with Crippen molar-refractivity contribution in [1.29, 1.82) is 0 Å². The van der Waals surface area contributed by atoms with Gasteiger partial charge in [-0.1, -0.05) is 30.4 Å². The van der Waals surface area contributed by atoms with Gasteiger partial charge in [0.05, 0.1) is 16.8 Å². The number of benzene rings is 1. The van der Waals surface area contributed by atoms with Gasteiger partial charge in [0.2, 0.25) is 0 Å². The molecule has 0 unspecified atom stereocenters. The van der Waals surface area contributed by atoms with E-state index in [1.54, 1.807) is 7.11 Å². The fourth-order valence-corrected chi connectivity index (χ4v) is 2.90. The number of nitrogens with zero attached hydrogens (tertiary/aromatic N) is 2. The summed E-state index contributed by atoms with van der Waals surface area (Å²) in [6, 6.07) is 5.72. The Morgan fingerprint density at radius 1 is 1.45 bits per heavy atom. The number of amides is 2. The first-order valence-corrected chi connectivity index (χ1v) is 8.06. The largest absolute Gasteiger partial charge is 0.380 e. The third-order valence-corrected chi connectivity index (χ3v) is 4.28. The Bertz CT molecular complexity index is 629. The highest BCUT2D eigenvalue weighted by Crippen LogP contribution is 2.28. The average molecular weight is 322 g/mol. The van der Waals surface area contributed by atoms with E-state index in [9.17, 15) is 4.79 Å². The SMILES string of the molecule is CCN(C)CCNC(=O)Nc1nc2c(COC)cccc2s1. The molecule has 0 aliphatic carbocycles. The van der Waals surface area contributed by atoms with Crippen molar-refractivity contribution in [1.82, 2.24) is 15.2 Å². The molecular formula is C15H22N4O2S. The van der Waals surface area contributed by atoms with Crippen LogP contribution in [0, 0.1) is 0 Å². The monoisotopic (exact) mass is 322 g/mol. The quantitative estimate of drug-likeness (QED) is 0.822. The summed E-state index contributed by atoms with van der Waals surface area (Å²) in [7, 11) is 3.68. The molecule has 22 heavy (non-hydrogen) atoms. The second kappa shape index (κ2) is 8.07. The lowest BCUT2D eigenvalue weighted by atomic mass is 10.2. The van der Waals surface area contributed by atoms with Crippen molar-refractivity contribution < 1.29 is 9.53 Å². The lowest BCUT2D eigenvalue weighted by molar-refractivity contribution is 0.186.